The molecule has 2 aromatic rings. The predicted octanol–water partition coefficient (Wildman–Crippen LogP) is 4.60. The first-order valence-corrected chi connectivity index (χ1v) is 11.3. The summed E-state index contributed by atoms with van der Waals surface area (Å²) in [5.41, 5.74) is 0.209. The zero-order valence-electron chi connectivity index (χ0n) is 18.9. The molecule has 0 bridgehead atoms. The molecule has 188 valence electrons. The van der Waals surface area contributed by atoms with E-state index in [4.69, 9.17) is 11.6 Å². The van der Waals surface area contributed by atoms with Gasteiger partial charge in [0, 0.05) is 35.2 Å². The smallest absolute Gasteiger partial charge is 0.407 e. The van der Waals surface area contributed by atoms with Crippen LogP contribution < -0.4 is 15.5 Å². The second-order valence-corrected chi connectivity index (χ2v) is 8.58. The molecule has 2 unspecified atom stereocenters. The van der Waals surface area contributed by atoms with Crippen LogP contribution in [-0.4, -0.2) is 43.5 Å². The number of methoxy groups -OCH3 is 1. The highest BCUT2D eigenvalue weighted by Crippen LogP contribution is 2.35. The van der Waals surface area contributed by atoms with Crippen molar-refractivity contribution in [1.82, 2.24) is 10.6 Å². The van der Waals surface area contributed by atoms with Crippen molar-refractivity contribution in [2.45, 2.75) is 43.7 Å². The zero-order valence-corrected chi connectivity index (χ0v) is 19.7. The fourth-order valence-corrected chi connectivity index (χ4v) is 4.28. The molecule has 7 nitrogen and oxygen atoms in total. The van der Waals surface area contributed by atoms with Crippen LogP contribution in [0.1, 0.15) is 37.3 Å². The SMILES string of the molecule is COC(=O)NCC(=O)N(c1cccc(F)c1)C(C(=O)NC1CCCC(F)(F)C1)c1ccccc1Cl. The van der Waals surface area contributed by atoms with Gasteiger partial charge in [-0.3, -0.25) is 14.5 Å². The lowest BCUT2D eigenvalue weighted by molar-refractivity contribution is -0.128. The number of anilines is 1. The Kier molecular flexibility index (Phi) is 8.61. The maximum Gasteiger partial charge on any atom is 0.407 e. The van der Waals surface area contributed by atoms with Gasteiger partial charge >= 0.3 is 6.09 Å². The van der Waals surface area contributed by atoms with Crippen LogP contribution >= 0.6 is 11.6 Å². The minimum atomic E-state index is -2.92. The van der Waals surface area contributed by atoms with E-state index in [0.29, 0.717) is 6.42 Å². The number of nitrogens with one attached hydrogen (secondary N) is 2. The minimum Gasteiger partial charge on any atom is -0.453 e. The fourth-order valence-electron chi connectivity index (χ4n) is 4.04. The van der Waals surface area contributed by atoms with Gasteiger partial charge in [-0.1, -0.05) is 35.9 Å². The summed E-state index contributed by atoms with van der Waals surface area (Å²) in [7, 11) is 1.12. The molecular formula is C24H25ClF3N3O4. The number of hydrogen-bond donors (Lipinski definition) is 2. The number of hydrogen-bond acceptors (Lipinski definition) is 4. The van der Waals surface area contributed by atoms with E-state index < -0.39 is 54.7 Å². The lowest BCUT2D eigenvalue weighted by Crippen LogP contribution is -2.51. The number of nitrogens with zero attached hydrogens (tertiary/aromatic N) is 1. The van der Waals surface area contributed by atoms with Gasteiger partial charge in [0.2, 0.25) is 17.7 Å². The summed E-state index contributed by atoms with van der Waals surface area (Å²) in [4.78, 5) is 39.4. The van der Waals surface area contributed by atoms with Crippen LogP contribution in [0.25, 0.3) is 0 Å². The van der Waals surface area contributed by atoms with Gasteiger partial charge in [0.25, 0.3) is 0 Å². The Hall–Kier alpha value is -3.27. The summed E-state index contributed by atoms with van der Waals surface area (Å²) in [6, 6.07) is 8.93. The number of ether oxygens (including phenoxy) is 1. The topological polar surface area (TPSA) is 87.7 Å². The van der Waals surface area contributed by atoms with E-state index in [2.05, 4.69) is 15.4 Å². The maximum atomic E-state index is 14.1. The third-order valence-electron chi connectivity index (χ3n) is 5.62. The largest absolute Gasteiger partial charge is 0.453 e. The number of carbonyl (C=O) groups excluding carboxylic acids is 3. The standard InChI is InChI=1S/C24H25ClF3N3O4/c1-35-23(34)29-14-20(32)31(17-8-4-6-15(26)12-17)21(18-9-2-3-10-19(18)25)22(33)30-16-7-5-11-24(27,28)13-16/h2-4,6,8-10,12,16,21H,5,7,11,13-14H2,1H3,(H,29,34)(H,30,33). The van der Waals surface area contributed by atoms with E-state index in [9.17, 15) is 27.6 Å². The second kappa shape index (κ2) is 11.4. The Morgan fingerprint density at radius 2 is 1.94 bits per heavy atom. The van der Waals surface area contributed by atoms with E-state index in [1.165, 1.54) is 24.3 Å². The summed E-state index contributed by atoms with van der Waals surface area (Å²) in [6.45, 7) is -0.584. The molecule has 0 aliphatic heterocycles. The Labute approximate surface area is 205 Å². The quantitative estimate of drug-likeness (QED) is 0.568. The number of alkyl carbamates (subject to hydrolysis) is 1. The molecule has 1 saturated carbocycles. The number of amides is 3. The molecule has 11 heteroatoms. The third kappa shape index (κ3) is 6.88. The highest BCUT2D eigenvalue weighted by atomic mass is 35.5. The van der Waals surface area contributed by atoms with Gasteiger partial charge in [-0.15, -0.1) is 0 Å². The number of alkyl halides is 2. The van der Waals surface area contributed by atoms with Crippen LogP contribution in [0.15, 0.2) is 48.5 Å². The summed E-state index contributed by atoms with van der Waals surface area (Å²) in [6.07, 6.45) is -1.12. The average Bonchev–Trinajstić information content (AvgIpc) is 2.80. The molecule has 0 aromatic heterocycles. The van der Waals surface area contributed by atoms with Gasteiger partial charge in [-0.2, -0.15) is 0 Å². The molecule has 2 atom stereocenters. The van der Waals surface area contributed by atoms with E-state index >= 15 is 0 Å². The van der Waals surface area contributed by atoms with E-state index in [1.54, 1.807) is 12.1 Å². The Morgan fingerprint density at radius 3 is 2.60 bits per heavy atom. The maximum absolute atomic E-state index is 14.1. The molecule has 35 heavy (non-hydrogen) atoms. The van der Waals surface area contributed by atoms with Crippen molar-refractivity contribution >= 4 is 35.2 Å². The summed E-state index contributed by atoms with van der Waals surface area (Å²) in [5.74, 6) is -5.14. The zero-order chi connectivity index (χ0) is 25.6. The number of halogens is 4. The van der Waals surface area contributed by atoms with Crippen molar-refractivity contribution in [3.63, 3.8) is 0 Å². The number of benzene rings is 2. The van der Waals surface area contributed by atoms with E-state index in [1.807, 2.05) is 0 Å². The minimum absolute atomic E-state index is 0.00992. The van der Waals surface area contributed by atoms with Gasteiger partial charge in [-0.25, -0.2) is 18.0 Å². The van der Waals surface area contributed by atoms with Crippen LogP contribution in [0, 0.1) is 5.82 Å². The molecule has 0 radical (unpaired) electrons. The molecule has 1 fully saturated rings. The Balaban J connectivity index is 2.03. The summed E-state index contributed by atoms with van der Waals surface area (Å²) in [5, 5.41) is 4.99. The van der Waals surface area contributed by atoms with Gasteiger partial charge in [-0.05, 0) is 37.1 Å². The van der Waals surface area contributed by atoms with Gasteiger partial charge in [0.1, 0.15) is 18.4 Å². The molecule has 0 saturated heterocycles. The van der Waals surface area contributed by atoms with Crippen molar-refractivity contribution in [3.05, 3.63) is 64.9 Å². The fraction of sp³-hybridized carbons (Fsp3) is 0.375. The predicted molar refractivity (Wildman–Crippen MR) is 124 cm³/mol. The first-order valence-electron chi connectivity index (χ1n) is 10.9. The molecule has 3 amide bonds. The van der Waals surface area contributed by atoms with Gasteiger partial charge in [0.05, 0.1) is 7.11 Å². The monoisotopic (exact) mass is 511 g/mol. The van der Waals surface area contributed by atoms with Crippen LogP contribution in [0.4, 0.5) is 23.7 Å². The highest BCUT2D eigenvalue weighted by Gasteiger charge is 2.40. The first kappa shape index (κ1) is 26.3. The van der Waals surface area contributed by atoms with Gasteiger partial charge in [0.15, 0.2) is 0 Å². The lowest BCUT2D eigenvalue weighted by Gasteiger charge is -2.35. The van der Waals surface area contributed by atoms with Crippen molar-refractivity contribution in [2.24, 2.45) is 0 Å². The molecule has 1 aliphatic rings. The third-order valence-corrected chi connectivity index (χ3v) is 5.96. The van der Waals surface area contributed by atoms with Crippen molar-refractivity contribution in [2.75, 3.05) is 18.6 Å². The molecule has 3 rings (SSSR count). The summed E-state index contributed by atoms with van der Waals surface area (Å²) < 4.78 is 46.5. The molecule has 0 heterocycles. The van der Waals surface area contributed by atoms with Crippen molar-refractivity contribution in [3.8, 4) is 0 Å². The summed E-state index contributed by atoms with van der Waals surface area (Å²) >= 11 is 6.37. The normalized spacial score (nSPS) is 17.7. The van der Waals surface area contributed by atoms with Gasteiger partial charge < -0.3 is 15.4 Å². The van der Waals surface area contributed by atoms with Crippen LogP contribution in [0.3, 0.4) is 0 Å². The molecule has 1 aliphatic carbocycles. The lowest BCUT2D eigenvalue weighted by atomic mass is 9.91. The Morgan fingerprint density at radius 1 is 1.20 bits per heavy atom. The van der Waals surface area contributed by atoms with Crippen LogP contribution in [-0.2, 0) is 14.3 Å². The van der Waals surface area contributed by atoms with Crippen LogP contribution in [0.5, 0.6) is 0 Å². The van der Waals surface area contributed by atoms with Crippen molar-refractivity contribution < 1.29 is 32.3 Å². The first-order chi connectivity index (χ1) is 16.6. The number of rotatable bonds is 7. The van der Waals surface area contributed by atoms with E-state index in [0.717, 1.165) is 24.1 Å². The average molecular weight is 512 g/mol. The number of carbonyl (C=O) groups is 3. The van der Waals surface area contributed by atoms with E-state index in [-0.39, 0.29) is 29.1 Å². The molecule has 0 spiro atoms. The molecule has 2 aromatic carbocycles. The Bertz CT molecular complexity index is 1090. The van der Waals surface area contributed by atoms with Crippen molar-refractivity contribution in [1.29, 1.82) is 0 Å². The second-order valence-electron chi connectivity index (χ2n) is 8.17. The molecule has 2 N–H and O–H groups in total. The molecular weight excluding hydrogens is 487 g/mol. The van der Waals surface area contributed by atoms with Crippen LogP contribution in [0.2, 0.25) is 5.02 Å². The highest BCUT2D eigenvalue weighted by molar-refractivity contribution is 6.31.